The summed E-state index contributed by atoms with van der Waals surface area (Å²) in [4.78, 5) is 63.7. The van der Waals surface area contributed by atoms with E-state index < -0.39 is 23.8 Å². The van der Waals surface area contributed by atoms with Gasteiger partial charge in [-0.2, -0.15) is 0 Å². The summed E-state index contributed by atoms with van der Waals surface area (Å²) in [5.41, 5.74) is 8.19. The smallest absolute Gasteiger partial charge is 0.314 e. The summed E-state index contributed by atoms with van der Waals surface area (Å²) in [6.07, 6.45) is 9.90. The Balaban J connectivity index is 0.930. The maximum atomic E-state index is 13.9. The molecule has 352 valence electrons. The molecule has 10 nitrogen and oxygen atoms in total. The second-order valence-electron chi connectivity index (χ2n) is 18.3. The predicted octanol–water partition coefficient (Wildman–Crippen LogP) is 12.1. The third-order valence-electron chi connectivity index (χ3n) is 13.2. The Morgan fingerprint density at radius 2 is 0.779 bits per heavy atom. The molecule has 2 aliphatic rings. The van der Waals surface area contributed by atoms with Gasteiger partial charge in [-0.05, 0) is 111 Å². The van der Waals surface area contributed by atoms with Crippen molar-refractivity contribution in [2.75, 3.05) is 0 Å². The molecule has 2 saturated carbocycles. The first-order valence-corrected chi connectivity index (χ1v) is 24.7. The number of esters is 4. The highest BCUT2D eigenvalue weighted by atomic mass is 16.6. The van der Waals surface area contributed by atoms with Gasteiger partial charge in [0.2, 0.25) is 0 Å². The van der Waals surface area contributed by atoms with Crippen molar-refractivity contribution in [3.8, 4) is 34.0 Å². The van der Waals surface area contributed by atoms with Gasteiger partial charge in [0.25, 0.3) is 0 Å². The van der Waals surface area contributed by atoms with Gasteiger partial charge < -0.3 is 18.9 Å². The van der Waals surface area contributed by atoms with Crippen LogP contribution in [-0.2, 0) is 54.3 Å². The number of nitrogens with zero attached hydrogens (tertiary/aromatic N) is 2. The van der Waals surface area contributed by atoms with E-state index in [1.807, 2.05) is 60.7 Å². The molecule has 2 aliphatic carbocycles. The van der Waals surface area contributed by atoms with Gasteiger partial charge in [0.1, 0.15) is 23.2 Å². The fourth-order valence-corrected chi connectivity index (χ4v) is 9.37. The van der Waals surface area contributed by atoms with Crippen molar-refractivity contribution in [1.29, 1.82) is 0 Å². The first kappa shape index (κ1) is 47.8. The zero-order chi connectivity index (χ0) is 47.2. The van der Waals surface area contributed by atoms with Crippen molar-refractivity contribution in [1.82, 2.24) is 9.97 Å². The van der Waals surface area contributed by atoms with E-state index in [4.69, 9.17) is 28.9 Å². The maximum Gasteiger partial charge on any atom is 0.314 e. The van der Waals surface area contributed by atoms with Crippen molar-refractivity contribution >= 4 is 34.9 Å². The molecule has 0 radical (unpaired) electrons. The number of carbonyl (C=O) groups is 4. The highest BCUT2D eigenvalue weighted by Gasteiger charge is 2.33. The molecule has 0 N–H and O–H groups in total. The molecule has 0 bridgehead atoms. The second kappa shape index (κ2) is 23.4. The van der Waals surface area contributed by atoms with Crippen LogP contribution in [0.25, 0.3) is 33.5 Å². The predicted molar refractivity (Wildman–Crippen MR) is 263 cm³/mol. The summed E-state index contributed by atoms with van der Waals surface area (Å²) < 4.78 is 24.1. The SMILES string of the molecule is CCCc1ccc(CCC(=O)OC2CCC(C(=O)Oc3ccc(OC(=O)C4CCC(OC(=O)CCc5ccc(CCC)cc5)CC4)c4nc(-c5ccccc5)c(-c5ccccc5)nc34)CC2)cc1. The number of fused-ring (bicyclic) bond motifs is 1. The lowest BCUT2D eigenvalue weighted by Crippen LogP contribution is -2.30. The van der Waals surface area contributed by atoms with Crippen LogP contribution in [-0.4, -0.2) is 46.1 Å². The Hall–Kier alpha value is -6.68. The van der Waals surface area contributed by atoms with E-state index in [1.54, 1.807) is 12.1 Å². The molecule has 0 aliphatic heterocycles. The van der Waals surface area contributed by atoms with Gasteiger partial charge in [0, 0.05) is 24.0 Å². The number of carbonyl (C=O) groups excluding carboxylic acids is 4. The van der Waals surface area contributed by atoms with Crippen LogP contribution in [0.4, 0.5) is 0 Å². The van der Waals surface area contributed by atoms with E-state index in [2.05, 4.69) is 62.4 Å². The summed E-state index contributed by atoms with van der Waals surface area (Å²) in [6.45, 7) is 4.32. The summed E-state index contributed by atoms with van der Waals surface area (Å²) in [5, 5.41) is 0. The van der Waals surface area contributed by atoms with Gasteiger partial charge in [0.15, 0.2) is 11.5 Å². The molecule has 0 atom stereocenters. The third-order valence-corrected chi connectivity index (χ3v) is 13.2. The van der Waals surface area contributed by atoms with Crippen LogP contribution in [0.5, 0.6) is 11.5 Å². The van der Waals surface area contributed by atoms with E-state index in [1.165, 1.54) is 11.1 Å². The maximum absolute atomic E-state index is 13.9. The Morgan fingerprint density at radius 1 is 0.441 bits per heavy atom. The van der Waals surface area contributed by atoms with Crippen molar-refractivity contribution in [3.63, 3.8) is 0 Å². The zero-order valence-corrected chi connectivity index (χ0v) is 39.3. The van der Waals surface area contributed by atoms with Gasteiger partial charge in [-0.15, -0.1) is 0 Å². The molecule has 0 spiro atoms. The zero-order valence-electron chi connectivity index (χ0n) is 39.3. The Bertz CT molecular complexity index is 2450. The summed E-state index contributed by atoms with van der Waals surface area (Å²) in [5.74, 6) is -1.65. The highest BCUT2D eigenvalue weighted by molar-refractivity contribution is 5.95. The molecule has 0 saturated heterocycles. The number of aryl methyl sites for hydroxylation is 4. The van der Waals surface area contributed by atoms with Crippen LogP contribution in [0.15, 0.2) is 121 Å². The molecule has 6 aromatic rings. The minimum atomic E-state index is -0.402. The van der Waals surface area contributed by atoms with Crippen LogP contribution in [0.1, 0.15) is 113 Å². The fraction of sp³-hybridized carbons (Fsp3) is 0.379. The van der Waals surface area contributed by atoms with Gasteiger partial charge in [-0.1, -0.05) is 136 Å². The Labute approximate surface area is 399 Å². The third kappa shape index (κ3) is 12.6. The molecule has 10 heteroatoms. The fourth-order valence-electron chi connectivity index (χ4n) is 9.37. The van der Waals surface area contributed by atoms with E-state index >= 15 is 0 Å². The second-order valence-corrected chi connectivity index (χ2v) is 18.3. The minimum Gasteiger partial charge on any atom is -0.462 e. The largest absolute Gasteiger partial charge is 0.462 e. The van der Waals surface area contributed by atoms with Gasteiger partial charge >= 0.3 is 23.9 Å². The number of benzene rings is 5. The molecule has 8 rings (SSSR count). The molecule has 2 fully saturated rings. The van der Waals surface area contributed by atoms with E-state index in [9.17, 15) is 19.2 Å². The van der Waals surface area contributed by atoms with E-state index in [0.717, 1.165) is 47.9 Å². The number of hydrogen-bond acceptors (Lipinski definition) is 10. The van der Waals surface area contributed by atoms with Crippen molar-refractivity contribution in [3.05, 3.63) is 144 Å². The van der Waals surface area contributed by atoms with Crippen molar-refractivity contribution in [2.45, 2.75) is 129 Å². The molecule has 1 heterocycles. The summed E-state index contributed by atoms with van der Waals surface area (Å²) >= 11 is 0. The summed E-state index contributed by atoms with van der Waals surface area (Å²) in [6, 6.07) is 39.5. The number of rotatable bonds is 18. The van der Waals surface area contributed by atoms with Crippen molar-refractivity contribution in [2.24, 2.45) is 11.8 Å². The number of ether oxygens (including phenoxy) is 4. The number of hydrogen-bond donors (Lipinski definition) is 0. The molecular formula is C58H62N2O8. The van der Waals surface area contributed by atoms with Gasteiger partial charge in [-0.3, -0.25) is 19.2 Å². The first-order chi connectivity index (χ1) is 33.2. The van der Waals surface area contributed by atoms with Crippen molar-refractivity contribution < 1.29 is 38.1 Å². The molecule has 0 unspecified atom stereocenters. The average Bonchev–Trinajstić information content (AvgIpc) is 3.37. The van der Waals surface area contributed by atoms with Gasteiger partial charge in [-0.25, -0.2) is 9.97 Å². The average molecular weight is 915 g/mol. The molecule has 5 aromatic carbocycles. The van der Waals surface area contributed by atoms with E-state index in [-0.39, 0.29) is 46.7 Å². The molecule has 0 amide bonds. The Morgan fingerprint density at radius 3 is 1.12 bits per heavy atom. The number of aromatic nitrogens is 2. The Kier molecular flexibility index (Phi) is 16.4. The first-order valence-electron chi connectivity index (χ1n) is 24.7. The van der Waals surface area contributed by atoms with Crippen LogP contribution in [0, 0.1) is 11.8 Å². The van der Waals surface area contributed by atoms with Crippen LogP contribution in [0.3, 0.4) is 0 Å². The molecule has 68 heavy (non-hydrogen) atoms. The quantitative estimate of drug-likeness (QED) is 0.0606. The lowest BCUT2D eigenvalue weighted by atomic mass is 9.87. The molecule has 1 aromatic heterocycles. The standard InChI is InChI=1S/C58H62N2O8/c1-3-11-39-17-21-41(22-18-39)25-37-51(61)65-47-31-27-45(28-32-47)57(63)67-49-35-36-50(56-55(49)59-53(43-13-7-5-8-14-43)54(60-56)44-15-9-6-10-16-44)68-58(64)46-29-33-48(34-30-46)66-52(62)38-26-42-23-19-40(12-4-2)20-24-42/h5-10,13-24,35-36,45-48H,3-4,11-12,25-34,37-38H2,1-2H3. The topological polar surface area (TPSA) is 131 Å². The highest BCUT2D eigenvalue weighted by Crippen LogP contribution is 2.39. The van der Waals surface area contributed by atoms with Crippen LogP contribution >= 0.6 is 0 Å². The van der Waals surface area contributed by atoms with Gasteiger partial charge in [0.05, 0.1) is 23.2 Å². The lowest BCUT2D eigenvalue weighted by molar-refractivity contribution is -0.153. The van der Waals surface area contributed by atoms with Crippen LogP contribution < -0.4 is 9.47 Å². The minimum absolute atomic E-state index is 0.209. The lowest BCUT2D eigenvalue weighted by Gasteiger charge is -2.27. The van der Waals surface area contributed by atoms with Crippen LogP contribution in [0.2, 0.25) is 0 Å². The molecular weight excluding hydrogens is 853 g/mol. The summed E-state index contributed by atoms with van der Waals surface area (Å²) in [7, 11) is 0. The monoisotopic (exact) mass is 914 g/mol. The normalized spacial score (nSPS) is 18.1. The van der Waals surface area contributed by atoms with E-state index in [0.29, 0.717) is 88.4 Å².